The summed E-state index contributed by atoms with van der Waals surface area (Å²) in [6.45, 7) is 8.14. The number of rotatable bonds is 6. The molecular weight excluding hydrogens is 250 g/mol. The molecule has 116 valence electrons. The maximum atomic E-state index is 12.5. The van der Waals surface area contributed by atoms with Gasteiger partial charge in [0, 0.05) is 19.1 Å². The van der Waals surface area contributed by atoms with Crippen LogP contribution in [0.4, 0.5) is 0 Å². The molecule has 1 saturated carbocycles. The molecule has 4 nitrogen and oxygen atoms in total. The summed E-state index contributed by atoms with van der Waals surface area (Å²) in [7, 11) is 0. The summed E-state index contributed by atoms with van der Waals surface area (Å²) in [4.78, 5) is 15.1. The molecule has 20 heavy (non-hydrogen) atoms. The number of amides is 1. The zero-order chi connectivity index (χ0) is 14.6. The van der Waals surface area contributed by atoms with Crippen molar-refractivity contribution < 1.29 is 4.79 Å². The average Bonchev–Trinajstić information content (AvgIpc) is 3.10. The Balaban J connectivity index is 1.89. The molecule has 0 aromatic rings. The van der Waals surface area contributed by atoms with Crippen LogP contribution in [0.2, 0.25) is 0 Å². The van der Waals surface area contributed by atoms with Gasteiger partial charge in [-0.2, -0.15) is 0 Å². The lowest BCUT2D eigenvalue weighted by atomic mass is 9.85. The highest BCUT2D eigenvalue weighted by molar-refractivity contribution is 5.83. The van der Waals surface area contributed by atoms with Crippen molar-refractivity contribution in [1.29, 1.82) is 0 Å². The third-order valence-electron chi connectivity index (χ3n) is 5.28. The van der Waals surface area contributed by atoms with Gasteiger partial charge in [-0.25, -0.2) is 0 Å². The predicted octanol–water partition coefficient (Wildman–Crippen LogP) is 1.74. The second kappa shape index (κ2) is 6.90. The zero-order valence-corrected chi connectivity index (χ0v) is 13.2. The van der Waals surface area contributed by atoms with E-state index in [0.29, 0.717) is 18.5 Å². The van der Waals surface area contributed by atoms with E-state index < -0.39 is 0 Å². The van der Waals surface area contributed by atoms with E-state index in [9.17, 15) is 4.79 Å². The Bertz CT molecular complexity index is 318. The number of hydrogen-bond acceptors (Lipinski definition) is 3. The highest BCUT2D eigenvalue weighted by atomic mass is 16.2. The Morgan fingerprint density at radius 2 is 1.80 bits per heavy atom. The predicted molar refractivity (Wildman–Crippen MR) is 82.4 cm³/mol. The zero-order valence-electron chi connectivity index (χ0n) is 13.2. The molecule has 1 saturated heterocycles. The van der Waals surface area contributed by atoms with E-state index in [2.05, 4.69) is 24.1 Å². The van der Waals surface area contributed by atoms with Crippen LogP contribution in [0, 0.1) is 11.3 Å². The summed E-state index contributed by atoms with van der Waals surface area (Å²) >= 11 is 0. The maximum Gasteiger partial charge on any atom is 0.227 e. The molecule has 1 amide bonds. The maximum absolute atomic E-state index is 12.5. The van der Waals surface area contributed by atoms with Crippen LogP contribution in [0.1, 0.15) is 52.4 Å². The van der Waals surface area contributed by atoms with Crippen LogP contribution in [0.15, 0.2) is 0 Å². The van der Waals surface area contributed by atoms with Crippen molar-refractivity contribution in [2.45, 2.75) is 58.4 Å². The third-order valence-corrected chi connectivity index (χ3v) is 5.28. The van der Waals surface area contributed by atoms with Crippen molar-refractivity contribution in [3.05, 3.63) is 0 Å². The Morgan fingerprint density at radius 3 is 2.30 bits per heavy atom. The summed E-state index contributed by atoms with van der Waals surface area (Å²) in [6.07, 6.45) is 6.80. The van der Waals surface area contributed by atoms with Gasteiger partial charge in [-0.1, -0.05) is 26.7 Å². The first-order valence-electron chi connectivity index (χ1n) is 8.31. The van der Waals surface area contributed by atoms with Gasteiger partial charge in [-0.3, -0.25) is 9.69 Å². The molecule has 1 aliphatic carbocycles. The second-order valence-corrected chi connectivity index (χ2v) is 6.96. The summed E-state index contributed by atoms with van der Waals surface area (Å²) < 4.78 is 0. The number of nitrogens with two attached hydrogens (primary N) is 1. The normalized spacial score (nSPS) is 24.2. The van der Waals surface area contributed by atoms with Gasteiger partial charge < -0.3 is 11.1 Å². The fraction of sp³-hybridized carbons (Fsp3) is 0.938. The van der Waals surface area contributed by atoms with E-state index in [1.165, 1.54) is 25.9 Å². The average molecular weight is 281 g/mol. The van der Waals surface area contributed by atoms with E-state index in [0.717, 1.165) is 32.2 Å². The topological polar surface area (TPSA) is 58.4 Å². The highest BCUT2D eigenvalue weighted by Crippen LogP contribution is 2.37. The van der Waals surface area contributed by atoms with E-state index in [1.54, 1.807) is 0 Å². The van der Waals surface area contributed by atoms with Crippen LogP contribution in [0.5, 0.6) is 0 Å². The largest absolute Gasteiger partial charge is 0.354 e. The molecule has 3 N–H and O–H groups in total. The van der Waals surface area contributed by atoms with Gasteiger partial charge in [0.1, 0.15) is 0 Å². The van der Waals surface area contributed by atoms with Crippen LogP contribution in [-0.2, 0) is 4.79 Å². The molecule has 4 heteroatoms. The fourth-order valence-corrected chi connectivity index (χ4v) is 3.82. The van der Waals surface area contributed by atoms with E-state index >= 15 is 0 Å². The quantitative estimate of drug-likeness (QED) is 0.780. The molecule has 0 aromatic heterocycles. The molecule has 0 bridgehead atoms. The Kier molecular flexibility index (Phi) is 5.44. The minimum absolute atomic E-state index is 0.197. The monoisotopic (exact) mass is 281 g/mol. The molecular formula is C16H31N3O. The Labute approximate surface area is 123 Å². The van der Waals surface area contributed by atoms with Gasteiger partial charge in [0.05, 0.1) is 5.41 Å². The standard InChI is InChI=1S/C16H31N3O/c1-13(2)14(19-9-5-6-10-19)11-18-15(20)16(12-17)7-3-4-8-16/h13-14H,3-12,17H2,1-2H3,(H,18,20). The molecule has 1 unspecified atom stereocenters. The summed E-state index contributed by atoms with van der Waals surface area (Å²) in [5.41, 5.74) is 5.62. The molecule has 1 aliphatic heterocycles. The van der Waals surface area contributed by atoms with Crippen LogP contribution in [-0.4, -0.2) is 43.0 Å². The molecule has 0 aromatic carbocycles. The van der Waals surface area contributed by atoms with Gasteiger partial charge in [-0.15, -0.1) is 0 Å². The minimum Gasteiger partial charge on any atom is -0.354 e. The minimum atomic E-state index is -0.271. The Morgan fingerprint density at radius 1 is 1.20 bits per heavy atom. The van der Waals surface area contributed by atoms with Crippen molar-refractivity contribution in [1.82, 2.24) is 10.2 Å². The third kappa shape index (κ3) is 3.34. The van der Waals surface area contributed by atoms with Gasteiger partial charge in [-0.05, 0) is 44.7 Å². The first-order valence-corrected chi connectivity index (χ1v) is 8.31. The highest BCUT2D eigenvalue weighted by Gasteiger charge is 2.40. The lowest BCUT2D eigenvalue weighted by Crippen LogP contribution is -2.50. The number of hydrogen-bond donors (Lipinski definition) is 2. The summed E-state index contributed by atoms with van der Waals surface area (Å²) in [5, 5.41) is 3.21. The molecule has 2 rings (SSSR count). The lowest BCUT2D eigenvalue weighted by molar-refractivity contribution is -0.130. The number of carbonyl (C=O) groups is 1. The van der Waals surface area contributed by atoms with E-state index in [4.69, 9.17) is 5.73 Å². The molecule has 2 fully saturated rings. The SMILES string of the molecule is CC(C)C(CNC(=O)C1(CN)CCCC1)N1CCCC1. The van der Waals surface area contributed by atoms with Crippen molar-refractivity contribution in [2.24, 2.45) is 17.1 Å². The number of likely N-dealkylation sites (tertiary alicyclic amines) is 1. The first-order chi connectivity index (χ1) is 9.59. The lowest BCUT2D eigenvalue weighted by Gasteiger charge is -2.33. The van der Waals surface area contributed by atoms with Crippen molar-refractivity contribution in [3.63, 3.8) is 0 Å². The van der Waals surface area contributed by atoms with E-state index in [1.807, 2.05) is 0 Å². The fourth-order valence-electron chi connectivity index (χ4n) is 3.82. The smallest absolute Gasteiger partial charge is 0.227 e. The second-order valence-electron chi connectivity index (χ2n) is 6.96. The summed E-state index contributed by atoms with van der Waals surface area (Å²) in [6, 6.07) is 0.470. The van der Waals surface area contributed by atoms with Crippen molar-refractivity contribution in [3.8, 4) is 0 Å². The number of carbonyl (C=O) groups excluding carboxylic acids is 1. The summed E-state index contributed by atoms with van der Waals surface area (Å²) in [5.74, 6) is 0.771. The van der Waals surface area contributed by atoms with Crippen LogP contribution < -0.4 is 11.1 Å². The van der Waals surface area contributed by atoms with Crippen molar-refractivity contribution in [2.75, 3.05) is 26.2 Å². The van der Waals surface area contributed by atoms with Gasteiger partial charge in [0.25, 0.3) is 0 Å². The number of nitrogens with zero attached hydrogens (tertiary/aromatic N) is 1. The van der Waals surface area contributed by atoms with Crippen molar-refractivity contribution >= 4 is 5.91 Å². The molecule has 1 atom stereocenters. The first kappa shape index (κ1) is 15.8. The van der Waals surface area contributed by atoms with Crippen LogP contribution >= 0.6 is 0 Å². The van der Waals surface area contributed by atoms with Gasteiger partial charge >= 0.3 is 0 Å². The molecule has 2 aliphatic rings. The van der Waals surface area contributed by atoms with E-state index in [-0.39, 0.29) is 11.3 Å². The molecule has 1 heterocycles. The molecule has 0 spiro atoms. The van der Waals surface area contributed by atoms with Gasteiger partial charge in [0.2, 0.25) is 5.91 Å². The van der Waals surface area contributed by atoms with Crippen LogP contribution in [0.25, 0.3) is 0 Å². The van der Waals surface area contributed by atoms with Gasteiger partial charge in [0.15, 0.2) is 0 Å². The number of nitrogens with one attached hydrogen (secondary N) is 1. The molecule has 0 radical (unpaired) electrons. The van der Waals surface area contributed by atoms with Crippen LogP contribution in [0.3, 0.4) is 0 Å². The Hall–Kier alpha value is -0.610.